The molecule has 0 radical (unpaired) electrons. The van der Waals surface area contributed by atoms with E-state index in [2.05, 4.69) is 27.9 Å². The van der Waals surface area contributed by atoms with Gasteiger partial charge in [-0.15, -0.1) is 16.4 Å². The summed E-state index contributed by atoms with van der Waals surface area (Å²) in [6.45, 7) is 5.92. The Labute approximate surface area is 125 Å². The zero-order chi connectivity index (χ0) is 14.4. The highest BCUT2D eigenvalue weighted by molar-refractivity contribution is 7.18. The molecule has 5 heteroatoms. The van der Waals surface area contributed by atoms with Crippen molar-refractivity contribution in [2.75, 3.05) is 0 Å². The van der Waals surface area contributed by atoms with E-state index in [1.165, 1.54) is 0 Å². The van der Waals surface area contributed by atoms with Crippen LogP contribution in [-0.4, -0.2) is 20.0 Å². The van der Waals surface area contributed by atoms with E-state index in [1.54, 1.807) is 11.3 Å². The van der Waals surface area contributed by atoms with Crippen molar-refractivity contribution >= 4 is 38.7 Å². The molecule has 0 aliphatic carbocycles. The standard InChI is InChI=1S/C16H12N4S/c1-3-11-8-12(9-14-16(11)21-10(2)17-14)20-15-7-5-4-6-13(15)18-19-20/h3-9H,1H2,2H3. The molecule has 0 amide bonds. The van der Waals surface area contributed by atoms with E-state index in [0.29, 0.717) is 0 Å². The summed E-state index contributed by atoms with van der Waals surface area (Å²) in [5, 5.41) is 9.52. The molecule has 4 nitrogen and oxygen atoms in total. The van der Waals surface area contributed by atoms with Crippen molar-refractivity contribution in [2.24, 2.45) is 0 Å². The van der Waals surface area contributed by atoms with Crippen LogP contribution in [0.5, 0.6) is 0 Å². The van der Waals surface area contributed by atoms with E-state index in [4.69, 9.17) is 0 Å². The largest absolute Gasteiger partial charge is 0.241 e. The molecule has 4 aromatic rings. The second-order valence-corrected chi connectivity index (χ2v) is 6.01. The van der Waals surface area contributed by atoms with Crippen LogP contribution in [0.25, 0.3) is 33.0 Å². The zero-order valence-electron chi connectivity index (χ0n) is 11.4. The Kier molecular flexibility index (Phi) is 2.62. The van der Waals surface area contributed by atoms with Crippen LogP contribution in [0.15, 0.2) is 43.0 Å². The quantitative estimate of drug-likeness (QED) is 0.561. The van der Waals surface area contributed by atoms with Crippen molar-refractivity contribution in [3.05, 3.63) is 53.5 Å². The lowest BCUT2D eigenvalue weighted by molar-refractivity contribution is 0.824. The number of benzene rings is 2. The minimum Gasteiger partial charge on any atom is -0.241 e. The Hall–Kier alpha value is -2.53. The number of aromatic nitrogens is 4. The van der Waals surface area contributed by atoms with Gasteiger partial charge in [0.15, 0.2) is 0 Å². The third-order valence-electron chi connectivity index (χ3n) is 3.43. The third-order valence-corrected chi connectivity index (χ3v) is 4.46. The first-order valence-electron chi connectivity index (χ1n) is 6.61. The molecular formula is C16H12N4S. The molecule has 4 rings (SSSR count). The Balaban J connectivity index is 2.04. The molecule has 0 N–H and O–H groups in total. The fourth-order valence-electron chi connectivity index (χ4n) is 2.49. The van der Waals surface area contributed by atoms with E-state index >= 15 is 0 Å². The molecular weight excluding hydrogens is 280 g/mol. The fourth-order valence-corrected chi connectivity index (χ4v) is 3.40. The minimum absolute atomic E-state index is 0.882. The predicted molar refractivity (Wildman–Crippen MR) is 86.9 cm³/mol. The number of aryl methyl sites for hydroxylation is 1. The van der Waals surface area contributed by atoms with Gasteiger partial charge in [-0.2, -0.15) is 0 Å². The van der Waals surface area contributed by atoms with E-state index in [0.717, 1.165) is 37.5 Å². The second-order valence-electron chi connectivity index (χ2n) is 4.81. The van der Waals surface area contributed by atoms with Crippen LogP contribution in [-0.2, 0) is 0 Å². The van der Waals surface area contributed by atoms with Gasteiger partial charge in [0.05, 0.1) is 26.4 Å². The molecule has 0 bridgehead atoms. The molecule has 0 saturated heterocycles. The van der Waals surface area contributed by atoms with Crippen molar-refractivity contribution in [3.8, 4) is 5.69 Å². The van der Waals surface area contributed by atoms with Crippen LogP contribution in [0.3, 0.4) is 0 Å². The molecule has 0 spiro atoms. The highest BCUT2D eigenvalue weighted by Gasteiger charge is 2.11. The van der Waals surface area contributed by atoms with Crippen molar-refractivity contribution < 1.29 is 0 Å². The molecule has 21 heavy (non-hydrogen) atoms. The molecule has 102 valence electrons. The maximum absolute atomic E-state index is 4.58. The molecule has 0 aliphatic heterocycles. The smallest absolute Gasteiger partial charge is 0.113 e. The van der Waals surface area contributed by atoms with Crippen molar-refractivity contribution in [3.63, 3.8) is 0 Å². The molecule has 2 aromatic heterocycles. The number of thiazole rings is 1. The van der Waals surface area contributed by atoms with Crippen LogP contribution >= 0.6 is 11.3 Å². The van der Waals surface area contributed by atoms with E-state index in [-0.39, 0.29) is 0 Å². The highest BCUT2D eigenvalue weighted by atomic mass is 32.1. The van der Waals surface area contributed by atoms with Crippen LogP contribution in [0.1, 0.15) is 10.6 Å². The van der Waals surface area contributed by atoms with Gasteiger partial charge in [-0.3, -0.25) is 0 Å². The number of hydrogen-bond donors (Lipinski definition) is 0. The summed E-state index contributed by atoms with van der Waals surface area (Å²) in [5.41, 5.74) is 4.87. The predicted octanol–water partition coefficient (Wildman–Crippen LogP) is 3.98. The van der Waals surface area contributed by atoms with E-state index in [9.17, 15) is 0 Å². The van der Waals surface area contributed by atoms with Gasteiger partial charge in [-0.25, -0.2) is 9.67 Å². The molecule has 0 unspecified atom stereocenters. The number of fused-ring (bicyclic) bond motifs is 2. The summed E-state index contributed by atoms with van der Waals surface area (Å²) in [6, 6.07) is 12.0. The van der Waals surface area contributed by atoms with Crippen LogP contribution in [0.2, 0.25) is 0 Å². The minimum atomic E-state index is 0.882. The maximum atomic E-state index is 4.58. The number of nitrogens with zero attached hydrogens (tertiary/aromatic N) is 4. The summed E-state index contributed by atoms with van der Waals surface area (Å²) < 4.78 is 3.01. The van der Waals surface area contributed by atoms with Gasteiger partial charge in [0, 0.05) is 0 Å². The third kappa shape index (κ3) is 1.86. The Morgan fingerprint density at radius 1 is 1.19 bits per heavy atom. The summed E-state index contributed by atoms with van der Waals surface area (Å²) in [4.78, 5) is 4.58. The van der Waals surface area contributed by atoms with Gasteiger partial charge in [0.1, 0.15) is 5.52 Å². The SMILES string of the molecule is C=Cc1cc(-n2nnc3ccccc32)cc2nc(C)sc12. The average Bonchev–Trinajstić information content (AvgIpc) is 3.08. The normalized spacial score (nSPS) is 11.3. The van der Waals surface area contributed by atoms with Crippen LogP contribution in [0, 0.1) is 6.92 Å². The Morgan fingerprint density at radius 2 is 2.05 bits per heavy atom. The second kappa shape index (κ2) is 4.49. The van der Waals surface area contributed by atoms with Gasteiger partial charge in [-0.1, -0.05) is 30.0 Å². The van der Waals surface area contributed by atoms with Crippen molar-refractivity contribution in [2.45, 2.75) is 6.92 Å². The van der Waals surface area contributed by atoms with Gasteiger partial charge in [0.25, 0.3) is 0 Å². The number of hydrogen-bond acceptors (Lipinski definition) is 4. The Bertz CT molecular complexity index is 980. The van der Waals surface area contributed by atoms with Gasteiger partial charge in [-0.05, 0) is 36.8 Å². The molecule has 2 heterocycles. The maximum Gasteiger partial charge on any atom is 0.113 e. The molecule has 0 saturated carbocycles. The van der Waals surface area contributed by atoms with Crippen molar-refractivity contribution in [1.82, 2.24) is 20.0 Å². The first kappa shape index (κ1) is 12.2. The molecule has 2 aromatic carbocycles. The molecule has 0 atom stereocenters. The first-order chi connectivity index (χ1) is 10.3. The van der Waals surface area contributed by atoms with Gasteiger partial charge >= 0.3 is 0 Å². The van der Waals surface area contributed by atoms with Gasteiger partial charge in [0.2, 0.25) is 0 Å². The molecule has 0 fully saturated rings. The summed E-state index contributed by atoms with van der Waals surface area (Å²) in [5.74, 6) is 0. The average molecular weight is 292 g/mol. The zero-order valence-corrected chi connectivity index (χ0v) is 12.3. The lowest BCUT2D eigenvalue weighted by Crippen LogP contribution is -1.97. The van der Waals surface area contributed by atoms with Gasteiger partial charge < -0.3 is 0 Å². The van der Waals surface area contributed by atoms with Crippen LogP contribution < -0.4 is 0 Å². The summed E-state index contributed by atoms with van der Waals surface area (Å²) in [7, 11) is 0. The van der Waals surface area contributed by atoms with E-state index in [1.807, 2.05) is 48.0 Å². The molecule has 0 aliphatic rings. The summed E-state index contributed by atoms with van der Waals surface area (Å²) in [6.07, 6.45) is 1.86. The summed E-state index contributed by atoms with van der Waals surface area (Å²) >= 11 is 1.69. The van der Waals surface area contributed by atoms with Crippen molar-refractivity contribution in [1.29, 1.82) is 0 Å². The topological polar surface area (TPSA) is 43.6 Å². The monoisotopic (exact) mass is 292 g/mol. The lowest BCUT2D eigenvalue weighted by atomic mass is 10.2. The first-order valence-corrected chi connectivity index (χ1v) is 7.42. The number of para-hydroxylation sites is 1. The lowest BCUT2D eigenvalue weighted by Gasteiger charge is -2.04. The highest BCUT2D eigenvalue weighted by Crippen LogP contribution is 2.29. The Morgan fingerprint density at radius 3 is 2.90 bits per heavy atom. The van der Waals surface area contributed by atoms with Crippen LogP contribution in [0.4, 0.5) is 0 Å². The fraction of sp³-hybridized carbons (Fsp3) is 0.0625. The van der Waals surface area contributed by atoms with E-state index < -0.39 is 0 Å². The number of rotatable bonds is 2.